The quantitative estimate of drug-likeness (QED) is 0.147. The second-order valence-electron chi connectivity index (χ2n) is 8.83. The fourth-order valence-electron chi connectivity index (χ4n) is 3.96. The standard InChI is InChI=1S/C33H26Cl2N2O5/c1-41-30-13-6-10-23(31(30)42-2)20-28(37-32(39)22-8-4-3-5-9-22)33(40)36-24-16-14-21(15-17-24)29(38)19-18-25-26(34)11-7-12-27(25)35/h3-20H,1-2H3,(H,36,40)(H,37,39)/b19-18+,28-20-. The van der Waals surface area contributed by atoms with Crippen LogP contribution in [0.5, 0.6) is 11.5 Å². The van der Waals surface area contributed by atoms with Gasteiger partial charge < -0.3 is 20.1 Å². The molecule has 0 aromatic heterocycles. The summed E-state index contributed by atoms with van der Waals surface area (Å²) in [6.45, 7) is 0. The first-order chi connectivity index (χ1) is 20.3. The molecule has 4 aromatic carbocycles. The van der Waals surface area contributed by atoms with Gasteiger partial charge in [0.05, 0.1) is 14.2 Å². The van der Waals surface area contributed by atoms with Gasteiger partial charge in [-0.15, -0.1) is 0 Å². The zero-order valence-electron chi connectivity index (χ0n) is 22.7. The molecule has 4 rings (SSSR count). The van der Waals surface area contributed by atoms with E-state index < -0.39 is 11.8 Å². The van der Waals surface area contributed by atoms with Gasteiger partial charge in [0.15, 0.2) is 17.3 Å². The number of amides is 2. The van der Waals surface area contributed by atoms with Crippen LogP contribution >= 0.6 is 23.2 Å². The maximum Gasteiger partial charge on any atom is 0.272 e. The van der Waals surface area contributed by atoms with E-state index in [1.165, 1.54) is 26.4 Å². The van der Waals surface area contributed by atoms with Gasteiger partial charge in [0.1, 0.15) is 5.70 Å². The number of anilines is 1. The van der Waals surface area contributed by atoms with Crippen molar-refractivity contribution < 1.29 is 23.9 Å². The largest absolute Gasteiger partial charge is 0.493 e. The van der Waals surface area contributed by atoms with Gasteiger partial charge in [0, 0.05) is 38.0 Å². The minimum atomic E-state index is -0.587. The molecule has 42 heavy (non-hydrogen) atoms. The molecule has 0 atom stereocenters. The fourth-order valence-corrected chi connectivity index (χ4v) is 4.49. The first-order valence-electron chi connectivity index (χ1n) is 12.7. The molecule has 0 saturated carbocycles. The number of benzene rings is 4. The van der Waals surface area contributed by atoms with Gasteiger partial charge in [-0.05, 0) is 72.8 Å². The number of rotatable bonds is 10. The Morgan fingerprint density at radius 3 is 2.05 bits per heavy atom. The molecule has 4 aromatic rings. The van der Waals surface area contributed by atoms with Gasteiger partial charge in [-0.1, -0.05) is 59.6 Å². The van der Waals surface area contributed by atoms with Gasteiger partial charge >= 0.3 is 0 Å². The lowest BCUT2D eigenvalue weighted by molar-refractivity contribution is -0.113. The molecule has 0 heterocycles. The summed E-state index contributed by atoms with van der Waals surface area (Å²) in [7, 11) is 2.99. The normalized spacial score (nSPS) is 11.2. The number of carbonyl (C=O) groups is 3. The van der Waals surface area contributed by atoms with E-state index in [1.54, 1.807) is 97.1 Å². The summed E-state index contributed by atoms with van der Waals surface area (Å²) in [6.07, 6.45) is 4.43. The molecular formula is C33H26Cl2N2O5. The average molecular weight is 601 g/mol. The zero-order valence-corrected chi connectivity index (χ0v) is 24.2. The van der Waals surface area contributed by atoms with Crippen LogP contribution in [0.15, 0.2) is 103 Å². The highest BCUT2D eigenvalue weighted by Gasteiger charge is 2.17. The maximum absolute atomic E-state index is 13.4. The predicted molar refractivity (Wildman–Crippen MR) is 166 cm³/mol. The smallest absolute Gasteiger partial charge is 0.272 e. The van der Waals surface area contributed by atoms with Gasteiger partial charge in [0.25, 0.3) is 11.8 Å². The summed E-state index contributed by atoms with van der Waals surface area (Å²) in [5.74, 6) is -0.467. The Morgan fingerprint density at radius 2 is 1.40 bits per heavy atom. The van der Waals surface area contributed by atoms with Crippen molar-refractivity contribution >= 4 is 58.6 Å². The van der Waals surface area contributed by atoms with Crippen LogP contribution in [0.2, 0.25) is 10.0 Å². The predicted octanol–water partition coefficient (Wildman–Crippen LogP) is 7.32. The highest BCUT2D eigenvalue weighted by Crippen LogP contribution is 2.32. The third kappa shape index (κ3) is 7.46. The highest BCUT2D eigenvalue weighted by molar-refractivity contribution is 6.37. The molecule has 9 heteroatoms. The van der Waals surface area contributed by atoms with Crippen LogP contribution in [0.3, 0.4) is 0 Å². The molecule has 0 radical (unpaired) electrons. The number of carbonyl (C=O) groups excluding carboxylic acids is 3. The van der Waals surface area contributed by atoms with Crippen molar-refractivity contribution in [2.45, 2.75) is 0 Å². The van der Waals surface area contributed by atoms with Crippen molar-refractivity contribution in [3.05, 3.63) is 135 Å². The Hall–Kier alpha value is -4.85. The van der Waals surface area contributed by atoms with Crippen LogP contribution in [0.4, 0.5) is 5.69 Å². The highest BCUT2D eigenvalue weighted by atomic mass is 35.5. The van der Waals surface area contributed by atoms with E-state index in [0.717, 1.165) is 0 Å². The number of methoxy groups -OCH3 is 2. The molecule has 212 valence electrons. The molecule has 0 aliphatic carbocycles. The van der Waals surface area contributed by atoms with Crippen LogP contribution in [0.25, 0.3) is 12.2 Å². The van der Waals surface area contributed by atoms with Crippen molar-refractivity contribution in [1.29, 1.82) is 0 Å². The second-order valence-corrected chi connectivity index (χ2v) is 9.64. The van der Waals surface area contributed by atoms with Gasteiger partial charge in [0.2, 0.25) is 0 Å². The number of hydrogen-bond donors (Lipinski definition) is 2. The number of allylic oxidation sites excluding steroid dienone is 1. The Morgan fingerprint density at radius 1 is 0.738 bits per heavy atom. The lowest BCUT2D eigenvalue weighted by Crippen LogP contribution is -2.30. The molecular weight excluding hydrogens is 575 g/mol. The Balaban J connectivity index is 1.56. The van der Waals surface area contributed by atoms with Gasteiger partial charge in [-0.2, -0.15) is 0 Å². The van der Waals surface area contributed by atoms with Crippen LogP contribution < -0.4 is 20.1 Å². The van der Waals surface area contributed by atoms with Crippen LogP contribution in [-0.2, 0) is 4.79 Å². The van der Waals surface area contributed by atoms with E-state index in [2.05, 4.69) is 10.6 Å². The summed E-state index contributed by atoms with van der Waals surface area (Å²) in [6, 6.07) is 25.1. The Labute approximate surface area is 253 Å². The van der Waals surface area contributed by atoms with E-state index in [9.17, 15) is 14.4 Å². The monoisotopic (exact) mass is 600 g/mol. The summed E-state index contributed by atoms with van der Waals surface area (Å²) in [5.41, 5.74) is 2.20. The summed E-state index contributed by atoms with van der Waals surface area (Å²) in [5, 5.41) is 6.32. The van der Waals surface area contributed by atoms with E-state index in [0.29, 0.717) is 49.5 Å². The molecule has 0 aliphatic heterocycles. The van der Waals surface area contributed by atoms with Gasteiger partial charge in [-0.25, -0.2) is 0 Å². The minimum Gasteiger partial charge on any atom is -0.493 e. The van der Waals surface area contributed by atoms with Crippen molar-refractivity contribution in [1.82, 2.24) is 5.32 Å². The SMILES string of the molecule is COc1cccc(/C=C(\NC(=O)c2ccccc2)C(=O)Nc2ccc(C(=O)/C=C/c3c(Cl)cccc3Cl)cc2)c1OC. The topological polar surface area (TPSA) is 93.7 Å². The number of nitrogens with one attached hydrogen (secondary N) is 2. The molecule has 2 N–H and O–H groups in total. The number of halogens is 2. The minimum absolute atomic E-state index is 0.0323. The summed E-state index contributed by atoms with van der Waals surface area (Å²) >= 11 is 12.3. The third-order valence-corrected chi connectivity index (χ3v) is 6.75. The van der Waals surface area contributed by atoms with E-state index in [-0.39, 0.29) is 11.5 Å². The average Bonchev–Trinajstić information content (AvgIpc) is 3.00. The first-order valence-corrected chi connectivity index (χ1v) is 13.4. The molecule has 0 fully saturated rings. The van der Waals surface area contributed by atoms with Crippen molar-refractivity contribution in [3.63, 3.8) is 0 Å². The van der Waals surface area contributed by atoms with Crippen LogP contribution in [-0.4, -0.2) is 31.8 Å². The number of ketones is 1. The number of ether oxygens (including phenoxy) is 2. The van der Waals surface area contributed by atoms with Crippen LogP contribution in [0.1, 0.15) is 31.8 Å². The van der Waals surface area contributed by atoms with E-state index >= 15 is 0 Å². The van der Waals surface area contributed by atoms with E-state index in [4.69, 9.17) is 32.7 Å². The van der Waals surface area contributed by atoms with Gasteiger partial charge in [-0.3, -0.25) is 14.4 Å². The lowest BCUT2D eigenvalue weighted by atomic mass is 10.1. The van der Waals surface area contributed by atoms with Crippen molar-refractivity contribution in [2.24, 2.45) is 0 Å². The second kappa shape index (κ2) is 14.2. The Bertz CT molecular complexity index is 1650. The van der Waals surface area contributed by atoms with Crippen molar-refractivity contribution in [2.75, 3.05) is 19.5 Å². The molecule has 0 spiro atoms. The first kappa shape index (κ1) is 30.1. The summed E-state index contributed by atoms with van der Waals surface area (Å²) < 4.78 is 10.8. The molecule has 0 aliphatic rings. The summed E-state index contributed by atoms with van der Waals surface area (Å²) in [4.78, 5) is 39.1. The fraction of sp³-hybridized carbons (Fsp3) is 0.0606. The molecule has 7 nitrogen and oxygen atoms in total. The van der Waals surface area contributed by atoms with E-state index in [1.807, 2.05) is 0 Å². The van der Waals surface area contributed by atoms with Crippen molar-refractivity contribution in [3.8, 4) is 11.5 Å². The maximum atomic E-state index is 13.4. The zero-order chi connectivity index (χ0) is 30.1. The number of hydrogen-bond acceptors (Lipinski definition) is 5. The number of para-hydroxylation sites is 1. The molecule has 0 bridgehead atoms. The molecule has 0 saturated heterocycles. The third-order valence-electron chi connectivity index (χ3n) is 6.09. The lowest BCUT2D eigenvalue weighted by Gasteiger charge is -2.14. The molecule has 0 unspecified atom stereocenters. The van der Waals surface area contributed by atoms with Crippen LogP contribution in [0, 0.1) is 0 Å². The Kier molecular flexibility index (Phi) is 10.2. The molecule has 2 amide bonds.